The number of H-pyrrole nitrogens is 1. The molecule has 2 N–H and O–H groups in total. The maximum Gasteiger partial charge on any atom is 0.341 e. The van der Waals surface area contributed by atoms with Crippen LogP contribution in [0.2, 0.25) is 0 Å². The summed E-state index contributed by atoms with van der Waals surface area (Å²) in [5.41, 5.74) is 2.68. The number of carbonyl (C=O) groups is 3. The molecule has 1 aromatic carbocycles. The van der Waals surface area contributed by atoms with Gasteiger partial charge in [-0.3, -0.25) is 4.79 Å². The monoisotopic (exact) mass is 523 g/mol. The molecule has 0 saturated carbocycles. The van der Waals surface area contributed by atoms with Gasteiger partial charge in [0, 0.05) is 22.8 Å². The molecule has 2 unspecified atom stereocenters. The molecule has 1 aliphatic rings. The lowest BCUT2D eigenvalue weighted by atomic mass is 9.72. The van der Waals surface area contributed by atoms with Crippen LogP contribution in [-0.4, -0.2) is 41.0 Å². The summed E-state index contributed by atoms with van der Waals surface area (Å²) in [4.78, 5) is 46.9. The number of benzene rings is 1. The Kier molecular flexibility index (Phi) is 7.82. The second-order valence-corrected chi connectivity index (χ2v) is 11.4. The SMILES string of the molecule is CCC(OC(=O)c1ccc(-c2ncc[nH]2)cc1)C(=O)Nc1sc2c(c1C(=O)OC)CCC(C(C)(C)C)C2. The molecule has 0 aliphatic heterocycles. The standard InChI is InChI=1S/C28H33N3O5S/c1-6-20(36-26(33)17-9-7-16(8-10-17)23-29-13-14-30-23)24(32)31-25-22(27(34)35-5)19-12-11-18(28(2,3)4)15-21(19)37-25/h7-10,13-14,18,20H,6,11-12,15H2,1-5H3,(H,29,30)(H,31,32). The molecule has 0 saturated heterocycles. The summed E-state index contributed by atoms with van der Waals surface area (Å²) in [6, 6.07) is 6.80. The van der Waals surface area contributed by atoms with Crippen molar-refractivity contribution in [2.45, 2.75) is 59.5 Å². The van der Waals surface area contributed by atoms with Crippen molar-refractivity contribution in [1.29, 1.82) is 0 Å². The number of amides is 1. The van der Waals surface area contributed by atoms with Crippen molar-refractivity contribution < 1.29 is 23.9 Å². The van der Waals surface area contributed by atoms with Gasteiger partial charge in [0.15, 0.2) is 6.10 Å². The van der Waals surface area contributed by atoms with Crippen LogP contribution in [-0.2, 0) is 27.1 Å². The average molecular weight is 524 g/mol. The first-order valence-corrected chi connectivity index (χ1v) is 13.3. The van der Waals surface area contributed by atoms with Crippen LogP contribution in [0.15, 0.2) is 36.7 Å². The Labute approximate surface area is 220 Å². The van der Waals surface area contributed by atoms with E-state index in [1.807, 2.05) is 0 Å². The molecule has 8 nitrogen and oxygen atoms in total. The van der Waals surface area contributed by atoms with Gasteiger partial charge in [0.1, 0.15) is 10.8 Å². The molecule has 2 aromatic heterocycles. The fourth-order valence-electron chi connectivity index (χ4n) is 4.63. The van der Waals surface area contributed by atoms with Crippen LogP contribution in [0.1, 0.15) is 71.7 Å². The highest BCUT2D eigenvalue weighted by molar-refractivity contribution is 7.17. The van der Waals surface area contributed by atoms with Gasteiger partial charge in [-0.05, 0) is 54.7 Å². The Morgan fingerprint density at radius 2 is 1.92 bits per heavy atom. The summed E-state index contributed by atoms with van der Waals surface area (Å²) in [6.45, 7) is 8.45. The molecule has 37 heavy (non-hydrogen) atoms. The van der Waals surface area contributed by atoms with Crippen LogP contribution in [0.25, 0.3) is 11.4 Å². The topological polar surface area (TPSA) is 110 Å². The Morgan fingerprint density at radius 1 is 1.19 bits per heavy atom. The van der Waals surface area contributed by atoms with Gasteiger partial charge in [-0.2, -0.15) is 0 Å². The van der Waals surface area contributed by atoms with Crippen LogP contribution in [0.5, 0.6) is 0 Å². The minimum Gasteiger partial charge on any atom is -0.465 e. The summed E-state index contributed by atoms with van der Waals surface area (Å²) < 4.78 is 10.6. The van der Waals surface area contributed by atoms with Crippen molar-refractivity contribution in [3.63, 3.8) is 0 Å². The number of carbonyl (C=O) groups excluding carboxylic acids is 3. The van der Waals surface area contributed by atoms with E-state index < -0.39 is 23.9 Å². The Morgan fingerprint density at radius 3 is 2.51 bits per heavy atom. The minimum atomic E-state index is -1.01. The first kappa shape index (κ1) is 26.6. The molecule has 0 bridgehead atoms. The van der Waals surface area contributed by atoms with Gasteiger partial charge in [-0.25, -0.2) is 14.6 Å². The third kappa shape index (κ3) is 5.77. The summed E-state index contributed by atoms with van der Waals surface area (Å²) >= 11 is 1.42. The summed E-state index contributed by atoms with van der Waals surface area (Å²) in [5.74, 6) is -0.363. The number of fused-ring (bicyclic) bond motifs is 1. The average Bonchev–Trinajstić information content (AvgIpc) is 3.54. The quantitative estimate of drug-likeness (QED) is 0.387. The third-order valence-electron chi connectivity index (χ3n) is 6.92. The molecule has 9 heteroatoms. The maximum atomic E-state index is 13.2. The molecule has 0 spiro atoms. The number of methoxy groups -OCH3 is 1. The smallest absolute Gasteiger partial charge is 0.341 e. The van der Waals surface area contributed by atoms with E-state index in [0.29, 0.717) is 27.9 Å². The molecule has 3 aromatic rings. The third-order valence-corrected chi connectivity index (χ3v) is 8.09. The highest BCUT2D eigenvalue weighted by Gasteiger charge is 2.35. The number of anilines is 1. The molecular formula is C28H33N3O5S. The predicted molar refractivity (Wildman–Crippen MR) is 143 cm³/mol. The number of thiophene rings is 1. The number of aromatic nitrogens is 2. The lowest BCUT2D eigenvalue weighted by molar-refractivity contribution is -0.124. The summed E-state index contributed by atoms with van der Waals surface area (Å²) in [6.07, 6.45) is 5.23. The van der Waals surface area contributed by atoms with Crippen molar-refractivity contribution in [3.05, 3.63) is 58.2 Å². The van der Waals surface area contributed by atoms with E-state index in [4.69, 9.17) is 9.47 Å². The van der Waals surface area contributed by atoms with E-state index in [1.165, 1.54) is 18.4 Å². The zero-order valence-corrected chi connectivity index (χ0v) is 22.7. The van der Waals surface area contributed by atoms with Crippen molar-refractivity contribution in [2.24, 2.45) is 11.3 Å². The molecule has 4 rings (SSSR count). The van der Waals surface area contributed by atoms with Gasteiger partial charge in [-0.15, -0.1) is 11.3 Å². The lowest BCUT2D eigenvalue weighted by Crippen LogP contribution is -2.32. The van der Waals surface area contributed by atoms with E-state index >= 15 is 0 Å². The molecule has 2 atom stereocenters. The van der Waals surface area contributed by atoms with Gasteiger partial charge in [-0.1, -0.05) is 39.8 Å². The van der Waals surface area contributed by atoms with Gasteiger partial charge < -0.3 is 19.8 Å². The van der Waals surface area contributed by atoms with Crippen LogP contribution < -0.4 is 5.32 Å². The van der Waals surface area contributed by atoms with E-state index in [9.17, 15) is 14.4 Å². The largest absolute Gasteiger partial charge is 0.465 e. The Balaban J connectivity index is 1.49. The van der Waals surface area contributed by atoms with Crippen molar-refractivity contribution in [1.82, 2.24) is 9.97 Å². The predicted octanol–water partition coefficient (Wildman–Crippen LogP) is 5.65. The number of hydrogen-bond acceptors (Lipinski definition) is 7. The zero-order valence-electron chi connectivity index (χ0n) is 21.8. The normalized spacial score (nSPS) is 16.0. The summed E-state index contributed by atoms with van der Waals surface area (Å²) in [5, 5.41) is 3.31. The molecule has 1 amide bonds. The molecule has 0 radical (unpaired) electrons. The number of rotatable bonds is 7. The second-order valence-electron chi connectivity index (χ2n) is 10.3. The van der Waals surface area contributed by atoms with Gasteiger partial charge >= 0.3 is 11.9 Å². The Bertz CT molecular complexity index is 1270. The highest BCUT2D eigenvalue weighted by atomic mass is 32.1. The highest BCUT2D eigenvalue weighted by Crippen LogP contribution is 2.44. The van der Waals surface area contributed by atoms with Crippen LogP contribution in [0.4, 0.5) is 5.00 Å². The first-order chi connectivity index (χ1) is 17.6. The zero-order chi connectivity index (χ0) is 26.7. The first-order valence-electron chi connectivity index (χ1n) is 12.5. The lowest BCUT2D eigenvalue weighted by Gasteiger charge is -2.33. The van der Waals surface area contributed by atoms with Crippen LogP contribution in [0.3, 0.4) is 0 Å². The van der Waals surface area contributed by atoms with E-state index in [-0.39, 0.29) is 11.8 Å². The fourth-order valence-corrected chi connectivity index (χ4v) is 5.95. The molecular weight excluding hydrogens is 490 g/mol. The van der Waals surface area contributed by atoms with Gasteiger partial charge in [0.05, 0.1) is 18.2 Å². The van der Waals surface area contributed by atoms with E-state index in [0.717, 1.165) is 35.3 Å². The van der Waals surface area contributed by atoms with Crippen molar-refractivity contribution >= 4 is 34.2 Å². The van der Waals surface area contributed by atoms with Crippen molar-refractivity contribution in [2.75, 3.05) is 12.4 Å². The van der Waals surface area contributed by atoms with Crippen LogP contribution >= 0.6 is 11.3 Å². The van der Waals surface area contributed by atoms with Gasteiger partial charge in [0.25, 0.3) is 5.91 Å². The number of nitrogens with zero attached hydrogens (tertiary/aromatic N) is 1. The second kappa shape index (κ2) is 10.9. The Hall–Kier alpha value is -3.46. The summed E-state index contributed by atoms with van der Waals surface area (Å²) in [7, 11) is 1.34. The number of esters is 2. The van der Waals surface area contributed by atoms with E-state index in [1.54, 1.807) is 43.6 Å². The van der Waals surface area contributed by atoms with Crippen LogP contribution in [0, 0.1) is 11.3 Å². The molecule has 0 fully saturated rings. The number of nitrogens with one attached hydrogen (secondary N) is 2. The maximum absolute atomic E-state index is 13.2. The number of ether oxygens (including phenoxy) is 2. The molecule has 1 aliphatic carbocycles. The fraction of sp³-hybridized carbons (Fsp3) is 0.429. The molecule has 196 valence electrons. The number of hydrogen-bond donors (Lipinski definition) is 2. The minimum absolute atomic E-state index is 0.147. The molecule has 2 heterocycles. The number of imidazole rings is 1. The van der Waals surface area contributed by atoms with Gasteiger partial charge in [0.2, 0.25) is 0 Å². The number of aromatic amines is 1. The van der Waals surface area contributed by atoms with Crippen molar-refractivity contribution in [3.8, 4) is 11.4 Å². The van der Waals surface area contributed by atoms with E-state index in [2.05, 4.69) is 36.1 Å².